The van der Waals surface area contributed by atoms with E-state index in [1.54, 1.807) is 19.1 Å². The number of hydrogen-bond donors (Lipinski definition) is 0. The van der Waals surface area contributed by atoms with Crippen molar-refractivity contribution in [1.29, 1.82) is 0 Å². The van der Waals surface area contributed by atoms with E-state index in [1.165, 1.54) is 12.1 Å². The molecule has 0 fully saturated rings. The van der Waals surface area contributed by atoms with Gasteiger partial charge in [-0.05, 0) is 48.9 Å². The molecule has 0 saturated heterocycles. The highest BCUT2D eigenvalue weighted by atomic mass is 35.5. The maximum Gasteiger partial charge on any atom is 0.417 e. The maximum absolute atomic E-state index is 12.6. The first-order chi connectivity index (χ1) is 14.9. The van der Waals surface area contributed by atoms with Gasteiger partial charge >= 0.3 is 12.4 Å². The topological polar surface area (TPSA) is 56.6 Å². The first-order valence-corrected chi connectivity index (χ1v) is 9.07. The molecule has 0 aliphatic carbocycles. The number of rotatable bonds is 5. The van der Waals surface area contributed by atoms with Crippen LogP contribution in [0.5, 0.6) is 17.5 Å². The first-order valence-electron chi connectivity index (χ1n) is 8.69. The Balaban J connectivity index is 1.66. The third-order valence-electron chi connectivity index (χ3n) is 3.96. The standard InChI is InChI=1S/C20H12ClF6N3O2/c1-11(30-32-18-16(21)8-14(10-29-18)20(25,26)27)12-2-5-15(6-3-12)31-17-7-4-13(9-28-17)19(22,23)24/h2-10H,1H3/b30-11-. The fraction of sp³-hybridized carbons (Fsp3) is 0.150. The quantitative estimate of drug-likeness (QED) is 0.232. The lowest BCUT2D eigenvalue weighted by Gasteiger charge is -2.09. The number of hydrogen-bond acceptors (Lipinski definition) is 5. The number of ether oxygens (including phenoxy) is 1. The fourth-order valence-corrected chi connectivity index (χ4v) is 2.51. The van der Waals surface area contributed by atoms with Crippen LogP contribution in [-0.4, -0.2) is 15.7 Å². The summed E-state index contributed by atoms with van der Waals surface area (Å²) in [7, 11) is 0. The van der Waals surface area contributed by atoms with Gasteiger partial charge in [0.15, 0.2) is 0 Å². The molecule has 12 heteroatoms. The molecule has 0 amide bonds. The third kappa shape index (κ3) is 5.88. The van der Waals surface area contributed by atoms with Crippen molar-refractivity contribution in [1.82, 2.24) is 9.97 Å². The van der Waals surface area contributed by atoms with Gasteiger partial charge in [-0.1, -0.05) is 16.8 Å². The van der Waals surface area contributed by atoms with Crippen LogP contribution in [0.2, 0.25) is 5.02 Å². The van der Waals surface area contributed by atoms with E-state index in [4.69, 9.17) is 21.2 Å². The molecule has 2 heterocycles. The molecule has 3 aromatic rings. The van der Waals surface area contributed by atoms with Crippen LogP contribution in [0.4, 0.5) is 26.3 Å². The monoisotopic (exact) mass is 475 g/mol. The van der Waals surface area contributed by atoms with Crippen LogP contribution in [0.15, 0.2) is 60.0 Å². The summed E-state index contributed by atoms with van der Waals surface area (Å²) in [5.74, 6) is -0.0166. The van der Waals surface area contributed by atoms with Crippen LogP contribution in [0.1, 0.15) is 23.6 Å². The smallest absolute Gasteiger partial charge is 0.417 e. The van der Waals surface area contributed by atoms with Crippen LogP contribution in [0.25, 0.3) is 0 Å². The molecule has 1 aromatic carbocycles. The zero-order valence-electron chi connectivity index (χ0n) is 16.0. The van der Waals surface area contributed by atoms with E-state index in [9.17, 15) is 26.3 Å². The van der Waals surface area contributed by atoms with Gasteiger partial charge in [-0.3, -0.25) is 0 Å². The van der Waals surface area contributed by atoms with E-state index in [2.05, 4.69) is 15.1 Å². The van der Waals surface area contributed by atoms with Crippen LogP contribution in [0.3, 0.4) is 0 Å². The minimum absolute atomic E-state index is 0.0255. The highest BCUT2D eigenvalue weighted by Gasteiger charge is 2.32. The molecule has 3 rings (SSSR count). The Kier molecular flexibility index (Phi) is 6.58. The Morgan fingerprint density at radius 3 is 2.03 bits per heavy atom. The second-order valence-corrected chi connectivity index (χ2v) is 6.69. The largest absolute Gasteiger partial charge is 0.439 e. The number of oxime groups is 1. The van der Waals surface area contributed by atoms with Gasteiger partial charge < -0.3 is 9.57 Å². The van der Waals surface area contributed by atoms with E-state index in [0.29, 0.717) is 35.5 Å². The molecule has 2 aromatic heterocycles. The van der Waals surface area contributed by atoms with Gasteiger partial charge in [-0.15, -0.1) is 0 Å². The number of alkyl halides is 6. The number of benzene rings is 1. The second-order valence-electron chi connectivity index (χ2n) is 6.29. The molecule has 0 saturated carbocycles. The number of halogens is 7. The summed E-state index contributed by atoms with van der Waals surface area (Å²) in [5, 5.41) is 3.44. The lowest BCUT2D eigenvalue weighted by Crippen LogP contribution is -2.06. The Bertz CT molecular complexity index is 1110. The Hall–Kier alpha value is -3.34. The molecular weight excluding hydrogens is 464 g/mol. The molecule has 0 unspecified atom stereocenters. The summed E-state index contributed by atoms with van der Waals surface area (Å²) in [5.41, 5.74) is -0.994. The van der Waals surface area contributed by atoms with Gasteiger partial charge in [0.1, 0.15) is 10.8 Å². The van der Waals surface area contributed by atoms with Crippen molar-refractivity contribution in [2.75, 3.05) is 0 Å². The van der Waals surface area contributed by atoms with E-state index >= 15 is 0 Å². The molecule has 0 aliphatic heterocycles. The predicted octanol–water partition coefficient (Wildman–Crippen LogP) is 6.76. The van der Waals surface area contributed by atoms with Gasteiger partial charge in [-0.2, -0.15) is 26.3 Å². The van der Waals surface area contributed by atoms with E-state index < -0.39 is 23.5 Å². The minimum Gasteiger partial charge on any atom is -0.439 e. The minimum atomic E-state index is -4.59. The van der Waals surface area contributed by atoms with Crippen LogP contribution in [0, 0.1) is 0 Å². The maximum atomic E-state index is 12.6. The number of nitrogens with zero attached hydrogens (tertiary/aromatic N) is 3. The zero-order chi connectivity index (χ0) is 23.5. The highest BCUT2D eigenvalue weighted by Crippen LogP contribution is 2.33. The zero-order valence-corrected chi connectivity index (χ0v) is 16.8. The van der Waals surface area contributed by atoms with Crippen molar-refractivity contribution in [3.05, 3.63) is 76.6 Å². The molecule has 32 heavy (non-hydrogen) atoms. The molecule has 168 valence electrons. The normalized spacial score (nSPS) is 12.6. The average molecular weight is 476 g/mol. The predicted molar refractivity (Wildman–Crippen MR) is 103 cm³/mol. The summed E-state index contributed by atoms with van der Waals surface area (Å²) in [6, 6.07) is 8.85. The molecule has 5 nitrogen and oxygen atoms in total. The Morgan fingerprint density at radius 2 is 1.50 bits per heavy atom. The van der Waals surface area contributed by atoms with Crippen LogP contribution in [-0.2, 0) is 12.4 Å². The van der Waals surface area contributed by atoms with Crippen molar-refractivity contribution in [3.63, 3.8) is 0 Å². The second kappa shape index (κ2) is 9.03. The summed E-state index contributed by atoms with van der Waals surface area (Å²) in [6.45, 7) is 1.57. The summed E-state index contributed by atoms with van der Waals surface area (Å²) < 4.78 is 81.0. The molecule has 0 aliphatic rings. The van der Waals surface area contributed by atoms with E-state index in [1.807, 2.05) is 0 Å². The van der Waals surface area contributed by atoms with Crippen LogP contribution < -0.4 is 9.57 Å². The van der Waals surface area contributed by atoms with E-state index in [0.717, 1.165) is 12.1 Å². The van der Waals surface area contributed by atoms with Gasteiger partial charge in [0.05, 0.1) is 16.8 Å². The van der Waals surface area contributed by atoms with Gasteiger partial charge in [-0.25, -0.2) is 9.97 Å². The van der Waals surface area contributed by atoms with Crippen molar-refractivity contribution >= 4 is 17.3 Å². The summed E-state index contributed by atoms with van der Waals surface area (Å²) in [4.78, 5) is 12.2. The molecule has 0 radical (unpaired) electrons. The lowest BCUT2D eigenvalue weighted by molar-refractivity contribution is -0.138. The average Bonchev–Trinajstić information content (AvgIpc) is 2.72. The third-order valence-corrected chi connectivity index (χ3v) is 4.23. The van der Waals surface area contributed by atoms with Gasteiger partial charge in [0, 0.05) is 18.5 Å². The Labute approximate surface area is 182 Å². The molecule has 0 N–H and O–H groups in total. The van der Waals surface area contributed by atoms with E-state index in [-0.39, 0.29) is 16.8 Å². The molecular formula is C20H12ClF6N3O2. The number of aromatic nitrogens is 2. The summed E-state index contributed by atoms with van der Waals surface area (Å²) in [6.07, 6.45) is -7.84. The lowest BCUT2D eigenvalue weighted by atomic mass is 10.1. The van der Waals surface area contributed by atoms with Crippen molar-refractivity contribution < 1.29 is 35.9 Å². The van der Waals surface area contributed by atoms with Crippen molar-refractivity contribution in [2.24, 2.45) is 5.16 Å². The van der Waals surface area contributed by atoms with Gasteiger partial charge in [0.2, 0.25) is 5.88 Å². The van der Waals surface area contributed by atoms with Crippen molar-refractivity contribution in [3.8, 4) is 17.5 Å². The Morgan fingerprint density at radius 1 is 0.875 bits per heavy atom. The first kappa shape index (κ1) is 23.3. The molecule has 0 bridgehead atoms. The fourth-order valence-electron chi connectivity index (χ4n) is 2.31. The van der Waals surface area contributed by atoms with Gasteiger partial charge in [0.25, 0.3) is 5.88 Å². The van der Waals surface area contributed by atoms with Crippen LogP contribution >= 0.6 is 11.6 Å². The number of pyridine rings is 2. The molecule has 0 atom stereocenters. The molecule has 0 spiro atoms. The highest BCUT2D eigenvalue weighted by molar-refractivity contribution is 6.31. The van der Waals surface area contributed by atoms with Crippen molar-refractivity contribution in [2.45, 2.75) is 19.3 Å². The summed E-state index contributed by atoms with van der Waals surface area (Å²) >= 11 is 5.76. The SMILES string of the molecule is C/C(=N/Oc1ncc(C(F)(F)F)cc1Cl)c1ccc(Oc2ccc(C(F)(F)F)cn2)cc1.